The maximum Gasteiger partial charge on any atom is 0.416 e. The van der Waals surface area contributed by atoms with E-state index in [0.717, 1.165) is 24.7 Å². The number of alkyl halides is 3. The number of carbonyl (C=O) groups is 1. The molecule has 5 aromatic rings. The Kier molecular flexibility index (Phi) is 7.97. The normalized spacial score (nSPS) is 14.6. The second-order valence-corrected chi connectivity index (χ2v) is 10.7. The van der Waals surface area contributed by atoms with E-state index >= 15 is 0 Å². The smallest absolute Gasteiger partial charge is 0.416 e. The summed E-state index contributed by atoms with van der Waals surface area (Å²) < 4.78 is 48.4. The molecule has 0 unspecified atom stereocenters. The number of carbonyl (C=O) groups excluding carboxylic acids is 1. The van der Waals surface area contributed by atoms with Gasteiger partial charge in [-0.3, -0.25) is 19.8 Å². The molecule has 1 fully saturated rings. The third kappa shape index (κ3) is 6.38. The monoisotopic (exact) mass is 602 g/mol. The Bertz CT molecular complexity index is 1800. The molecule has 0 atom stereocenters. The van der Waals surface area contributed by atoms with Gasteiger partial charge in [0.25, 0.3) is 5.91 Å². The summed E-state index contributed by atoms with van der Waals surface area (Å²) >= 11 is 0. The second kappa shape index (κ2) is 12.0. The van der Waals surface area contributed by atoms with Crippen molar-refractivity contribution in [2.24, 2.45) is 0 Å². The van der Waals surface area contributed by atoms with Crippen LogP contribution < -0.4 is 10.1 Å². The number of hydrogen-bond acceptors (Lipinski definition) is 8. The maximum absolute atomic E-state index is 14.1. The van der Waals surface area contributed by atoms with Crippen LogP contribution in [0.3, 0.4) is 0 Å². The first kappa shape index (κ1) is 29.2. The first-order valence-corrected chi connectivity index (χ1v) is 14.0. The number of benzene rings is 2. The second-order valence-electron chi connectivity index (χ2n) is 10.7. The molecule has 0 aliphatic carbocycles. The Hall–Kier alpha value is -4.88. The molecule has 4 heterocycles. The third-order valence-corrected chi connectivity index (χ3v) is 7.55. The van der Waals surface area contributed by atoms with E-state index in [4.69, 9.17) is 4.74 Å². The molecule has 1 aliphatic rings. The fraction of sp³-hybridized carbons (Fsp3) is 0.258. The van der Waals surface area contributed by atoms with Crippen molar-refractivity contribution >= 4 is 22.6 Å². The third-order valence-electron chi connectivity index (χ3n) is 7.55. The van der Waals surface area contributed by atoms with Gasteiger partial charge in [0.05, 0.1) is 11.8 Å². The molecule has 13 heteroatoms. The van der Waals surface area contributed by atoms with Crippen LogP contribution >= 0.6 is 0 Å². The number of aryl methyl sites for hydroxylation is 1. The van der Waals surface area contributed by atoms with Crippen LogP contribution in [0.25, 0.3) is 22.4 Å². The topological polar surface area (TPSA) is 112 Å². The van der Waals surface area contributed by atoms with Gasteiger partial charge in [-0.15, -0.1) is 0 Å². The number of likely N-dealkylation sites (N-methyl/N-ethyl adjacent to an activating group) is 1. The highest BCUT2D eigenvalue weighted by Crippen LogP contribution is 2.35. The van der Waals surface area contributed by atoms with E-state index in [9.17, 15) is 18.0 Å². The van der Waals surface area contributed by atoms with E-state index in [-0.39, 0.29) is 23.6 Å². The van der Waals surface area contributed by atoms with Crippen LogP contribution in [0.5, 0.6) is 11.6 Å². The molecule has 2 aromatic carbocycles. The fourth-order valence-corrected chi connectivity index (χ4v) is 4.99. The van der Waals surface area contributed by atoms with Gasteiger partial charge in [-0.05, 0) is 55.4 Å². The van der Waals surface area contributed by atoms with E-state index in [2.05, 4.69) is 35.4 Å². The number of nitrogens with one attached hydrogen (secondary N) is 2. The number of fused-ring (bicyclic) bond motifs is 1. The van der Waals surface area contributed by atoms with Gasteiger partial charge in [-0.1, -0.05) is 12.1 Å². The average molecular weight is 603 g/mol. The van der Waals surface area contributed by atoms with Crippen molar-refractivity contribution < 1.29 is 22.7 Å². The molecule has 3 aromatic heterocycles. The molecule has 10 nitrogen and oxygen atoms in total. The summed E-state index contributed by atoms with van der Waals surface area (Å²) in [7, 11) is 1.99. The summed E-state index contributed by atoms with van der Waals surface area (Å²) in [5.41, 5.74) is 1.52. The number of anilines is 1. The van der Waals surface area contributed by atoms with Crippen LogP contribution in [0.15, 0.2) is 67.1 Å². The number of rotatable bonds is 7. The molecule has 1 amide bonds. The molecule has 1 aliphatic heterocycles. The standard InChI is InChI=1S/C31H29F3N8O2/c1-19-3-6-23(44-30-24-17-36-40-28(24)38-27(39-30)20-7-9-35-10-8-20)16-26(19)37-29(43)21-4-5-22(25(15-21)31(32,33)34)18-42-13-11-41(2)12-14-42/h3-10,15-17H,11-14,18H2,1-2H3,(H,37,43)(H,36,38,39,40). The lowest BCUT2D eigenvalue weighted by molar-refractivity contribution is -0.138. The average Bonchev–Trinajstić information content (AvgIpc) is 3.49. The Morgan fingerprint density at radius 2 is 1.80 bits per heavy atom. The Morgan fingerprint density at radius 3 is 2.55 bits per heavy atom. The van der Waals surface area contributed by atoms with Crippen LogP contribution in [0.4, 0.5) is 18.9 Å². The van der Waals surface area contributed by atoms with E-state index < -0.39 is 17.6 Å². The SMILES string of the molecule is Cc1ccc(Oc2nc(-c3ccncc3)nc3[nH]ncc23)cc1NC(=O)c1ccc(CN2CCN(C)CC2)c(C(F)(F)F)c1. The van der Waals surface area contributed by atoms with Gasteiger partial charge < -0.3 is 15.0 Å². The number of amides is 1. The lowest BCUT2D eigenvalue weighted by atomic mass is 10.0. The molecule has 0 saturated carbocycles. The molecule has 1 saturated heterocycles. The highest BCUT2D eigenvalue weighted by atomic mass is 19.4. The molecule has 2 N–H and O–H groups in total. The van der Waals surface area contributed by atoms with Gasteiger partial charge in [-0.25, -0.2) is 4.98 Å². The predicted octanol–water partition coefficient (Wildman–Crippen LogP) is 5.53. The minimum absolute atomic E-state index is 0.0944. The van der Waals surface area contributed by atoms with E-state index in [1.54, 1.807) is 55.8 Å². The van der Waals surface area contributed by atoms with Crippen molar-refractivity contribution in [2.75, 3.05) is 38.5 Å². The van der Waals surface area contributed by atoms with Crippen molar-refractivity contribution in [3.63, 3.8) is 0 Å². The van der Waals surface area contributed by atoms with Gasteiger partial charge in [0, 0.05) is 68.0 Å². The quantitative estimate of drug-likeness (QED) is 0.250. The van der Waals surface area contributed by atoms with Crippen molar-refractivity contribution in [1.29, 1.82) is 0 Å². The van der Waals surface area contributed by atoms with Gasteiger partial charge in [0.2, 0.25) is 5.88 Å². The molecular formula is C31H29F3N8O2. The number of H-pyrrole nitrogens is 1. The van der Waals surface area contributed by atoms with Crippen molar-refractivity contribution in [1.82, 2.24) is 34.9 Å². The van der Waals surface area contributed by atoms with Crippen LogP contribution in [0.1, 0.15) is 27.0 Å². The maximum atomic E-state index is 14.1. The highest BCUT2D eigenvalue weighted by molar-refractivity contribution is 6.05. The summed E-state index contributed by atoms with van der Waals surface area (Å²) in [5.74, 6) is 0.325. The number of halogens is 3. The number of ether oxygens (including phenoxy) is 1. The summed E-state index contributed by atoms with van der Waals surface area (Å²) in [5, 5.41) is 10.2. The van der Waals surface area contributed by atoms with Gasteiger partial charge in [0.1, 0.15) is 11.1 Å². The summed E-state index contributed by atoms with van der Waals surface area (Å²) in [4.78, 5) is 30.4. The number of nitrogens with zero attached hydrogens (tertiary/aromatic N) is 6. The lowest BCUT2D eigenvalue weighted by Gasteiger charge is -2.33. The zero-order valence-corrected chi connectivity index (χ0v) is 24.0. The minimum atomic E-state index is -4.60. The predicted molar refractivity (Wildman–Crippen MR) is 158 cm³/mol. The van der Waals surface area contributed by atoms with Crippen LogP contribution in [0.2, 0.25) is 0 Å². The number of aromatic amines is 1. The molecule has 0 spiro atoms. The van der Waals surface area contributed by atoms with Crippen molar-refractivity contribution in [3.05, 3.63) is 89.4 Å². The van der Waals surface area contributed by atoms with E-state index in [0.29, 0.717) is 46.9 Å². The molecular weight excluding hydrogens is 573 g/mol. The summed E-state index contributed by atoms with van der Waals surface area (Å²) in [6.07, 6.45) is 0.199. The van der Waals surface area contributed by atoms with E-state index in [1.807, 2.05) is 11.9 Å². The van der Waals surface area contributed by atoms with Crippen LogP contribution in [0, 0.1) is 6.92 Å². The molecule has 44 heavy (non-hydrogen) atoms. The van der Waals surface area contributed by atoms with Crippen LogP contribution in [-0.4, -0.2) is 74.1 Å². The minimum Gasteiger partial charge on any atom is -0.438 e. The number of piperazine rings is 1. The zero-order chi connectivity index (χ0) is 30.8. The Morgan fingerprint density at radius 1 is 1.02 bits per heavy atom. The first-order chi connectivity index (χ1) is 21.1. The van der Waals surface area contributed by atoms with Gasteiger partial charge in [0.15, 0.2) is 11.5 Å². The molecule has 6 rings (SSSR count). The van der Waals surface area contributed by atoms with Crippen molar-refractivity contribution in [2.45, 2.75) is 19.6 Å². The first-order valence-electron chi connectivity index (χ1n) is 14.0. The van der Waals surface area contributed by atoms with Gasteiger partial charge >= 0.3 is 6.18 Å². The number of aromatic nitrogens is 5. The molecule has 0 radical (unpaired) electrons. The largest absolute Gasteiger partial charge is 0.438 e. The molecule has 226 valence electrons. The van der Waals surface area contributed by atoms with Crippen molar-refractivity contribution in [3.8, 4) is 23.0 Å². The Balaban J connectivity index is 1.24. The summed E-state index contributed by atoms with van der Waals surface area (Å²) in [6, 6.07) is 12.3. The summed E-state index contributed by atoms with van der Waals surface area (Å²) in [6.45, 7) is 4.89. The fourth-order valence-electron chi connectivity index (χ4n) is 4.99. The highest BCUT2D eigenvalue weighted by Gasteiger charge is 2.34. The Labute approximate surface area is 250 Å². The zero-order valence-electron chi connectivity index (χ0n) is 24.0. The van der Waals surface area contributed by atoms with E-state index in [1.165, 1.54) is 12.1 Å². The number of hydrogen-bond donors (Lipinski definition) is 2. The molecule has 0 bridgehead atoms. The van der Waals surface area contributed by atoms with Crippen LogP contribution in [-0.2, 0) is 12.7 Å². The lowest BCUT2D eigenvalue weighted by Crippen LogP contribution is -2.44. The van der Waals surface area contributed by atoms with Gasteiger partial charge in [-0.2, -0.15) is 23.3 Å². The number of pyridine rings is 1.